The van der Waals surface area contributed by atoms with E-state index >= 15 is 0 Å². The van der Waals surface area contributed by atoms with Crippen LogP contribution in [0.4, 0.5) is 11.4 Å². The Morgan fingerprint density at radius 2 is 1.08 bits per heavy atom. The number of hydrogen-bond acceptors (Lipinski definition) is 6. The number of aryl methyl sites for hydroxylation is 1. The molecule has 2 rings (SSSR count). The number of rotatable bonds is 22. The smallest absolute Gasteiger partial charge is 0.119 e. The highest BCUT2D eigenvalue weighted by atomic mass is 16.5. The average Bonchev–Trinajstić information content (AvgIpc) is 2.91. The van der Waals surface area contributed by atoms with Gasteiger partial charge in [-0.05, 0) is 54.8 Å². The quantitative estimate of drug-likeness (QED) is 0.132. The predicted molar refractivity (Wildman–Crippen MR) is 147 cm³/mol. The van der Waals surface area contributed by atoms with Gasteiger partial charge in [-0.2, -0.15) is 10.2 Å². The average molecular weight is 499 g/mol. The third-order valence-corrected chi connectivity index (χ3v) is 5.98. The van der Waals surface area contributed by atoms with E-state index in [0.29, 0.717) is 33.0 Å². The first-order valence-corrected chi connectivity index (χ1v) is 13.8. The highest BCUT2D eigenvalue weighted by Gasteiger charge is 1.98. The fourth-order valence-electron chi connectivity index (χ4n) is 3.88. The van der Waals surface area contributed by atoms with Gasteiger partial charge in [-0.3, -0.25) is 0 Å². The van der Waals surface area contributed by atoms with Crippen LogP contribution in [0.25, 0.3) is 0 Å². The summed E-state index contributed by atoms with van der Waals surface area (Å²) < 4.78 is 16.2. The summed E-state index contributed by atoms with van der Waals surface area (Å²) in [5, 5.41) is 17.3. The molecule has 0 saturated carbocycles. The van der Waals surface area contributed by atoms with E-state index in [1.54, 1.807) is 0 Å². The van der Waals surface area contributed by atoms with Gasteiger partial charge in [0.25, 0.3) is 0 Å². The van der Waals surface area contributed by atoms with Crippen LogP contribution in [0.5, 0.6) is 5.75 Å². The number of hydrogen-bond donors (Lipinski definition) is 1. The van der Waals surface area contributed by atoms with Gasteiger partial charge in [0, 0.05) is 0 Å². The monoisotopic (exact) mass is 498 g/mol. The van der Waals surface area contributed by atoms with Gasteiger partial charge in [-0.1, -0.05) is 76.8 Å². The summed E-state index contributed by atoms with van der Waals surface area (Å²) in [6.45, 7) is 4.56. The third-order valence-electron chi connectivity index (χ3n) is 5.98. The molecule has 0 radical (unpaired) electrons. The Kier molecular flexibility index (Phi) is 17.4. The van der Waals surface area contributed by atoms with Crippen LogP contribution in [0, 0.1) is 0 Å². The molecule has 6 heteroatoms. The van der Waals surface area contributed by atoms with Crippen LogP contribution < -0.4 is 4.74 Å². The van der Waals surface area contributed by atoms with Crippen molar-refractivity contribution in [3.05, 3.63) is 54.1 Å². The topological polar surface area (TPSA) is 72.6 Å². The maximum absolute atomic E-state index is 8.63. The molecule has 0 unspecified atom stereocenters. The summed E-state index contributed by atoms with van der Waals surface area (Å²) in [4.78, 5) is 0. The molecule has 0 aliphatic rings. The molecule has 200 valence electrons. The van der Waals surface area contributed by atoms with Crippen molar-refractivity contribution in [2.45, 2.75) is 77.6 Å². The lowest BCUT2D eigenvalue weighted by Gasteiger charge is -2.07. The number of aliphatic hydroxyl groups excluding tert-OH is 1. The Morgan fingerprint density at radius 1 is 0.583 bits per heavy atom. The van der Waals surface area contributed by atoms with Gasteiger partial charge in [0.2, 0.25) is 0 Å². The molecule has 1 N–H and O–H groups in total. The van der Waals surface area contributed by atoms with Gasteiger partial charge in [0.05, 0.1) is 44.4 Å². The number of azo groups is 1. The minimum Gasteiger partial charge on any atom is -0.491 e. The molecular formula is C30H46N2O4. The SMILES string of the molecule is CCCCCCCCCCCCc1ccc(N=Nc2ccc(OCCOCCOCCO)cc2)cc1. The number of unbranched alkanes of at least 4 members (excludes halogenated alkanes) is 9. The third kappa shape index (κ3) is 15.0. The molecule has 0 fully saturated rings. The van der Waals surface area contributed by atoms with E-state index < -0.39 is 0 Å². The van der Waals surface area contributed by atoms with E-state index in [9.17, 15) is 0 Å². The molecule has 0 saturated heterocycles. The zero-order chi connectivity index (χ0) is 25.5. The van der Waals surface area contributed by atoms with Crippen molar-refractivity contribution < 1.29 is 19.3 Å². The number of ether oxygens (including phenoxy) is 3. The van der Waals surface area contributed by atoms with Crippen LogP contribution in [0.3, 0.4) is 0 Å². The molecule has 0 aromatic heterocycles. The second kappa shape index (κ2) is 20.9. The van der Waals surface area contributed by atoms with Gasteiger partial charge in [0.15, 0.2) is 0 Å². The number of aliphatic hydroxyl groups is 1. The van der Waals surface area contributed by atoms with Crippen LogP contribution in [0.15, 0.2) is 58.8 Å². The van der Waals surface area contributed by atoms with E-state index in [-0.39, 0.29) is 6.61 Å². The van der Waals surface area contributed by atoms with Crippen molar-refractivity contribution in [3.8, 4) is 5.75 Å². The molecule has 0 aliphatic heterocycles. The van der Waals surface area contributed by atoms with Crippen molar-refractivity contribution in [2.24, 2.45) is 10.2 Å². The molecule has 0 heterocycles. The van der Waals surface area contributed by atoms with E-state index in [1.165, 1.54) is 69.8 Å². The maximum Gasteiger partial charge on any atom is 0.119 e. The second-order valence-corrected chi connectivity index (χ2v) is 9.09. The predicted octanol–water partition coefficient (Wildman–Crippen LogP) is 7.97. The first-order chi connectivity index (χ1) is 17.8. The molecule has 0 amide bonds. The summed E-state index contributed by atoms with van der Waals surface area (Å²) in [5.74, 6) is 0.769. The van der Waals surface area contributed by atoms with E-state index in [4.69, 9.17) is 19.3 Å². The normalized spacial score (nSPS) is 11.4. The van der Waals surface area contributed by atoms with Gasteiger partial charge < -0.3 is 19.3 Å². The molecule has 6 nitrogen and oxygen atoms in total. The fourth-order valence-corrected chi connectivity index (χ4v) is 3.88. The first-order valence-electron chi connectivity index (χ1n) is 13.8. The Bertz CT molecular complexity index is 794. The molecule has 2 aromatic carbocycles. The van der Waals surface area contributed by atoms with E-state index in [1.807, 2.05) is 36.4 Å². The first kappa shape index (κ1) is 29.9. The van der Waals surface area contributed by atoms with Crippen molar-refractivity contribution in [1.82, 2.24) is 0 Å². The summed E-state index contributed by atoms with van der Waals surface area (Å²) in [6, 6.07) is 16.0. The van der Waals surface area contributed by atoms with Crippen LogP contribution in [0.1, 0.15) is 76.7 Å². The molecule has 0 atom stereocenters. The van der Waals surface area contributed by atoms with Crippen LogP contribution in [-0.4, -0.2) is 44.7 Å². The number of benzene rings is 2. The minimum atomic E-state index is 0.0322. The lowest BCUT2D eigenvalue weighted by molar-refractivity contribution is 0.0247. The lowest BCUT2D eigenvalue weighted by atomic mass is 10.0. The van der Waals surface area contributed by atoms with Gasteiger partial charge in [-0.15, -0.1) is 0 Å². The Balaban J connectivity index is 1.56. The van der Waals surface area contributed by atoms with E-state index in [0.717, 1.165) is 23.5 Å². The summed E-state index contributed by atoms with van der Waals surface area (Å²) in [5.41, 5.74) is 3.02. The molecular weight excluding hydrogens is 452 g/mol. The van der Waals surface area contributed by atoms with Gasteiger partial charge in [-0.25, -0.2) is 0 Å². The summed E-state index contributed by atoms with van der Waals surface area (Å²) in [7, 11) is 0. The lowest BCUT2D eigenvalue weighted by Crippen LogP contribution is -2.11. The van der Waals surface area contributed by atoms with Crippen LogP contribution in [-0.2, 0) is 15.9 Å². The molecule has 2 aromatic rings. The highest BCUT2D eigenvalue weighted by Crippen LogP contribution is 2.22. The van der Waals surface area contributed by atoms with Gasteiger partial charge >= 0.3 is 0 Å². The second-order valence-electron chi connectivity index (χ2n) is 9.09. The molecule has 0 bridgehead atoms. The Hall–Kier alpha value is -2.28. The zero-order valence-corrected chi connectivity index (χ0v) is 22.2. The fraction of sp³-hybridized carbons (Fsp3) is 0.600. The van der Waals surface area contributed by atoms with Crippen molar-refractivity contribution in [3.63, 3.8) is 0 Å². The largest absolute Gasteiger partial charge is 0.491 e. The maximum atomic E-state index is 8.63. The van der Waals surface area contributed by atoms with Crippen molar-refractivity contribution in [2.75, 3.05) is 39.6 Å². The summed E-state index contributed by atoms with van der Waals surface area (Å²) >= 11 is 0. The number of nitrogens with zero attached hydrogens (tertiary/aromatic N) is 2. The molecule has 0 spiro atoms. The van der Waals surface area contributed by atoms with Crippen LogP contribution >= 0.6 is 0 Å². The van der Waals surface area contributed by atoms with Crippen molar-refractivity contribution >= 4 is 11.4 Å². The zero-order valence-electron chi connectivity index (χ0n) is 22.2. The highest BCUT2D eigenvalue weighted by molar-refractivity contribution is 5.43. The van der Waals surface area contributed by atoms with E-state index in [2.05, 4.69) is 29.3 Å². The summed E-state index contributed by atoms with van der Waals surface area (Å²) in [6.07, 6.45) is 14.8. The standard InChI is InChI=1S/C30H46N2O4/c1-2-3-4-5-6-7-8-9-10-11-12-27-13-15-28(16-14-27)31-32-29-17-19-30(20-18-29)36-26-25-35-24-23-34-22-21-33/h13-20,33H,2-12,21-26H2,1H3. The van der Waals surface area contributed by atoms with Crippen LogP contribution in [0.2, 0.25) is 0 Å². The molecule has 36 heavy (non-hydrogen) atoms. The Labute approximate surface area is 218 Å². The molecule has 0 aliphatic carbocycles. The Morgan fingerprint density at radius 3 is 1.67 bits per heavy atom. The van der Waals surface area contributed by atoms with Crippen molar-refractivity contribution in [1.29, 1.82) is 0 Å². The van der Waals surface area contributed by atoms with Gasteiger partial charge in [0.1, 0.15) is 12.4 Å². The minimum absolute atomic E-state index is 0.0322.